The summed E-state index contributed by atoms with van der Waals surface area (Å²) in [7, 11) is 0. The van der Waals surface area contributed by atoms with Crippen LogP contribution in [0.3, 0.4) is 0 Å². The average Bonchev–Trinajstić information content (AvgIpc) is 2.93. The van der Waals surface area contributed by atoms with E-state index in [1.54, 1.807) is 0 Å². The first-order chi connectivity index (χ1) is 8.36. The first-order valence-electron chi connectivity index (χ1n) is 6.40. The van der Waals surface area contributed by atoms with Gasteiger partial charge in [-0.25, -0.2) is 0 Å². The Morgan fingerprint density at radius 1 is 1.24 bits per heavy atom. The zero-order valence-electron chi connectivity index (χ0n) is 9.89. The van der Waals surface area contributed by atoms with Crippen LogP contribution in [0.5, 0.6) is 0 Å². The van der Waals surface area contributed by atoms with E-state index in [1.807, 2.05) is 12.1 Å². The summed E-state index contributed by atoms with van der Waals surface area (Å²) in [5, 5.41) is 12.4. The Morgan fingerprint density at radius 2 is 2.06 bits per heavy atom. The molecule has 0 amide bonds. The lowest BCUT2D eigenvalue weighted by atomic mass is 10.1. The number of nitrogens with one attached hydrogen (secondary N) is 1. The molecule has 4 heteroatoms. The van der Waals surface area contributed by atoms with Crippen molar-refractivity contribution < 1.29 is 14.3 Å². The fourth-order valence-electron chi connectivity index (χ4n) is 2.55. The minimum atomic E-state index is -0.0305. The maximum absolute atomic E-state index is 8.92. The van der Waals surface area contributed by atoms with E-state index in [0.717, 1.165) is 31.3 Å². The van der Waals surface area contributed by atoms with Gasteiger partial charge in [-0.15, -0.1) is 0 Å². The van der Waals surface area contributed by atoms with Gasteiger partial charge >= 0.3 is 0 Å². The molecule has 2 atom stereocenters. The van der Waals surface area contributed by atoms with Gasteiger partial charge in [0.15, 0.2) is 0 Å². The van der Waals surface area contributed by atoms with Gasteiger partial charge in [0.05, 0.1) is 12.6 Å². The molecule has 94 valence electrons. The van der Waals surface area contributed by atoms with Crippen LogP contribution in [0.25, 0.3) is 0 Å². The summed E-state index contributed by atoms with van der Waals surface area (Å²) in [5.41, 5.74) is 0. The predicted octanol–water partition coefficient (Wildman–Crippen LogP) is 1.43. The van der Waals surface area contributed by atoms with Gasteiger partial charge in [0.25, 0.3) is 0 Å². The first kappa shape index (κ1) is 11.3. The Kier molecular flexibility index (Phi) is 3.18. The highest BCUT2D eigenvalue weighted by Gasteiger charge is 2.40. The second-order valence-corrected chi connectivity index (χ2v) is 4.98. The van der Waals surface area contributed by atoms with Crippen LogP contribution in [-0.2, 0) is 17.9 Å². The fraction of sp³-hybridized carbons (Fsp3) is 0.692. The Balaban J connectivity index is 1.52. The number of hydrogen-bond donors (Lipinski definition) is 2. The lowest BCUT2D eigenvalue weighted by Gasteiger charge is -2.18. The van der Waals surface area contributed by atoms with Gasteiger partial charge in [0, 0.05) is 12.6 Å². The molecule has 1 aliphatic carbocycles. The maximum atomic E-state index is 8.92. The molecular weight excluding hydrogens is 218 g/mol. The maximum Gasteiger partial charge on any atom is 0.129 e. The molecule has 0 aromatic carbocycles. The van der Waals surface area contributed by atoms with E-state index in [4.69, 9.17) is 14.3 Å². The van der Waals surface area contributed by atoms with Crippen molar-refractivity contribution >= 4 is 0 Å². The third-order valence-electron chi connectivity index (χ3n) is 3.63. The Morgan fingerprint density at radius 3 is 2.76 bits per heavy atom. The molecule has 1 saturated carbocycles. The van der Waals surface area contributed by atoms with E-state index in [1.165, 1.54) is 12.8 Å². The van der Waals surface area contributed by atoms with E-state index in [2.05, 4.69) is 5.32 Å². The monoisotopic (exact) mass is 237 g/mol. The second kappa shape index (κ2) is 4.80. The molecule has 2 fully saturated rings. The van der Waals surface area contributed by atoms with E-state index in [9.17, 15) is 0 Å². The van der Waals surface area contributed by atoms with Crippen molar-refractivity contribution in [2.45, 2.75) is 44.6 Å². The van der Waals surface area contributed by atoms with Crippen molar-refractivity contribution in [1.29, 1.82) is 0 Å². The van der Waals surface area contributed by atoms with E-state index < -0.39 is 0 Å². The number of aliphatic hydroxyl groups excluding tert-OH is 1. The normalized spacial score (nSPS) is 28.8. The molecule has 2 heterocycles. The molecule has 3 rings (SSSR count). The number of ether oxygens (including phenoxy) is 1. The summed E-state index contributed by atoms with van der Waals surface area (Å²) < 4.78 is 11.2. The predicted molar refractivity (Wildman–Crippen MR) is 62.3 cm³/mol. The third kappa shape index (κ3) is 2.54. The molecular formula is C13H19NO3. The molecule has 0 radical (unpaired) electrons. The van der Waals surface area contributed by atoms with Crippen LogP contribution in [0.15, 0.2) is 16.5 Å². The quantitative estimate of drug-likeness (QED) is 0.813. The van der Waals surface area contributed by atoms with Crippen molar-refractivity contribution in [3.05, 3.63) is 23.7 Å². The molecule has 1 aliphatic heterocycles. The molecule has 2 aliphatic rings. The lowest BCUT2D eigenvalue weighted by Crippen LogP contribution is -2.37. The van der Waals surface area contributed by atoms with Crippen molar-refractivity contribution in [2.75, 3.05) is 6.61 Å². The topological polar surface area (TPSA) is 54.6 Å². The highest BCUT2D eigenvalue weighted by Crippen LogP contribution is 2.38. The Bertz CT molecular complexity index is 372. The van der Waals surface area contributed by atoms with E-state index in [-0.39, 0.29) is 6.61 Å². The Hall–Kier alpha value is -0.840. The summed E-state index contributed by atoms with van der Waals surface area (Å²) in [6.07, 6.45) is 4.13. The number of hydrogen-bond acceptors (Lipinski definition) is 4. The standard InChI is InChI=1S/C13H19NO3/c15-8-11-4-3-10(17-11)7-14-12-5-6-16-13(12)9-1-2-9/h3-4,9,12-15H,1-2,5-8H2. The molecule has 1 saturated heterocycles. The van der Waals surface area contributed by atoms with Crippen LogP contribution in [0.1, 0.15) is 30.8 Å². The van der Waals surface area contributed by atoms with Gasteiger partial charge in [-0.3, -0.25) is 0 Å². The largest absolute Gasteiger partial charge is 0.462 e. The van der Waals surface area contributed by atoms with Crippen LogP contribution in [0.4, 0.5) is 0 Å². The smallest absolute Gasteiger partial charge is 0.129 e. The summed E-state index contributed by atoms with van der Waals surface area (Å²) in [5.74, 6) is 2.29. The molecule has 2 N–H and O–H groups in total. The van der Waals surface area contributed by atoms with Gasteiger partial charge in [-0.1, -0.05) is 0 Å². The van der Waals surface area contributed by atoms with E-state index in [0.29, 0.717) is 17.9 Å². The molecule has 4 nitrogen and oxygen atoms in total. The SMILES string of the molecule is OCc1ccc(CNC2CCOC2C2CC2)o1. The number of rotatable bonds is 5. The van der Waals surface area contributed by atoms with Gasteiger partial charge in [-0.05, 0) is 37.3 Å². The van der Waals surface area contributed by atoms with Crippen molar-refractivity contribution in [3.8, 4) is 0 Å². The summed E-state index contributed by atoms with van der Waals surface area (Å²) in [4.78, 5) is 0. The van der Waals surface area contributed by atoms with Crippen LogP contribution in [0.2, 0.25) is 0 Å². The molecule has 2 unspecified atom stereocenters. The minimum Gasteiger partial charge on any atom is -0.462 e. The lowest BCUT2D eigenvalue weighted by molar-refractivity contribution is 0.0805. The second-order valence-electron chi connectivity index (χ2n) is 4.98. The summed E-state index contributed by atoms with van der Waals surface area (Å²) >= 11 is 0. The molecule has 1 aromatic rings. The number of aliphatic hydroxyl groups is 1. The zero-order valence-corrected chi connectivity index (χ0v) is 9.89. The van der Waals surface area contributed by atoms with Crippen LogP contribution >= 0.6 is 0 Å². The van der Waals surface area contributed by atoms with Gasteiger partial charge in [-0.2, -0.15) is 0 Å². The van der Waals surface area contributed by atoms with Crippen molar-refractivity contribution in [3.63, 3.8) is 0 Å². The van der Waals surface area contributed by atoms with Gasteiger partial charge < -0.3 is 19.6 Å². The first-order valence-corrected chi connectivity index (χ1v) is 6.40. The molecule has 0 bridgehead atoms. The third-order valence-corrected chi connectivity index (χ3v) is 3.63. The Labute approximate surface area is 101 Å². The molecule has 0 spiro atoms. The van der Waals surface area contributed by atoms with Gasteiger partial charge in [0.2, 0.25) is 0 Å². The van der Waals surface area contributed by atoms with Gasteiger partial charge in [0.1, 0.15) is 18.1 Å². The average molecular weight is 237 g/mol. The highest BCUT2D eigenvalue weighted by molar-refractivity contribution is 5.06. The number of furan rings is 1. The minimum absolute atomic E-state index is 0.0305. The highest BCUT2D eigenvalue weighted by atomic mass is 16.5. The van der Waals surface area contributed by atoms with Crippen molar-refractivity contribution in [2.24, 2.45) is 5.92 Å². The van der Waals surface area contributed by atoms with Crippen LogP contribution < -0.4 is 5.32 Å². The van der Waals surface area contributed by atoms with Crippen LogP contribution in [0, 0.1) is 5.92 Å². The zero-order chi connectivity index (χ0) is 11.7. The molecule has 17 heavy (non-hydrogen) atoms. The van der Waals surface area contributed by atoms with Crippen molar-refractivity contribution in [1.82, 2.24) is 5.32 Å². The molecule has 1 aromatic heterocycles. The summed E-state index contributed by atoms with van der Waals surface area (Å²) in [6.45, 7) is 1.56. The van der Waals surface area contributed by atoms with E-state index >= 15 is 0 Å². The fourth-order valence-corrected chi connectivity index (χ4v) is 2.55. The van der Waals surface area contributed by atoms with Crippen LogP contribution in [-0.4, -0.2) is 23.9 Å². The summed E-state index contributed by atoms with van der Waals surface area (Å²) in [6, 6.07) is 4.20.